The average Bonchev–Trinajstić information content (AvgIpc) is 2.62. The van der Waals surface area contributed by atoms with Crippen LogP contribution in [0.25, 0.3) is 0 Å². The summed E-state index contributed by atoms with van der Waals surface area (Å²) in [5.41, 5.74) is 0. The highest BCUT2D eigenvalue weighted by Crippen LogP contribution is 2.23. The number of carboxylic acids is 1. The van der Waals surface area contributed by atoms with Gasteiger partial charge in [0.05, 0.1) is 0 Å². The van der Waals surface area contributed by atoms with Crippen LogP contribution in [0.1, 0.15) is 32.6 Å². The van der Waals surface area contributed by atoms with Gasteiger partial charge in [-0.2, -0.15) is 0 Å². The Balaban J connectivity index is 2.41. The molecular formula is C11H21NO3. The van der Waals surface area contributed by atoms with E-state index in [1.165, 1.54) is 0 Å². The Morgan fingerprint density at radius 2 is 2.20 bits per heavy atom. The third-order valence-electron chi connectivity index (χ3n) is 3.08. The van der Waals surface area contributed by atoms with E-state index in [1.807, 2.05) is 4.90 Å². The number of aliphatic hydroxyl groups is 1. The number of nitrogens with zero attached hydrogens (tertiary/aromatic N) is 1. The number of likely N-dealkylation sites (tertiary alicyclic amines) is 1. The van der Waals surface area contributed by atoms with E-state index in [0.29, 0.717) is 6.42 Å². The van der Waals surface area contributed by atoms with Crippen LogP contribution >= 0.6 is 0 Å². The molecule has 0 amide bonds. The zero-order chi connectivity index (χ0) is 11.3. The molecule has 1 fully saturated rings. The molecule has 1 aliphatic heterocycles. The summed E-state index contributed by atoms with van der Waals surface area (Å²) in [4.78, 5) is 13.0. The molecule has 0 radical (unpaired) electrons. The number of aliphatic carboxylic acids is 1. The molecule has 2 unspecified atom stereocenters. The summed E-state index contributed by atoms with van der Waals surface area (Å²) in [6.45, 7) is 3.82. The van der Waals surface area contributed by atoms with Crippen LogP contribution in [0, 0.1) is 5.92 Å². The van der Waals surface area contributed by atoms with Crippen LogP contribution in [0.5, 0.6) is 0 Å². The quantitative estimate of drug-likeness (QED) is 0.647. The summed E-state index contributed by atoms with van der Waals surface area (Å²) >= 11 is 0. The normalized spacial score (nSPS) is 27.1. The molecule has 0 spiro atoms. The minimum absolute atomic E-state index is 0.105. The lowest BCUT2D eigenvalue weighted by molar-refractivity contribution is -0.142. The van der Waals surface area contributed by atoms with Gasteiger partial charge in [0, 0.05) is 13.2 Å². The second-order valence-electron chi connectivity index (χ2n) is 4.34. The van der Waals surface area contributed by atoms with Gasteiger partial charge in [-0.05, 0) is 25.3 Å². The van der Waals surface area contributed by atoms with Crippen molar-refractivity contribution in [3.63, 3.8) is 0 Å². The monoisotopic (exact) mass is 215 g/mol. The number of rotatable bonds is 6. The van der Waals surface area contributed by atoms with Crippen molar-refractivity contribution in [1.82, 2.24) is 4.90 Å². The molecule has 0 aromatic carbocycles. The van der Waals surface area contributed by atoms with Crippen molar-refractivity contribution >= 4 is 5.97 Å². The fourth-order valence-electron chi connectivity index (χ4n) is 2.20. The van der Waals surface area contributed by atoms with E-state index in [-0.39, 0.29) is 18.6 Å². The van der Waals surface area contributed by atoms with Crippen LogP contribution in [0.15, 0.2) is 0 Å². The Morgan fingerprint density at radius 1 is 1.47 bits per heavy atom. The van der Waals surface area contributed by atoms with Crippen LogP contribution in [-0.2, 0) is 4.79 Å². The lowest BCUT2D eigenvalue weighted by Crippen LogP contribution is -2.36. The van der Waals surface area contributed by atoms with Crippen LogP contribution in [0.3, 0.4) is 0 Å². The van der Waals surface area contributed by atoms with Gasteiger partial charge >= 0.3 is 5.97 Å². The number of unbranched alkanes of at least 4 members (excludes halogenated alkanes) is 2. The molecule has 1 heterocycles. The fourth-order valence-corrected chi connectivity index (χ4v) is 2.20. The van der Waals surface area contributed by atoms with E-state index in [1.54, 1.807) is 0 Å². The van der Waals surface area contributed by atoms with Gasteiger partial charge in [0.1, 0.15) is 6.04 Å². The SMILES string of the molecule is CCCCCN1CC(CO)CC1C(=O)O. The van der Waals surface area contributed by atoms with Gasteiger partial charge < -0.3 is 10.2 Å². The van der Waals surface area contributed by atoms with Crippen molar-refractivity contribution in [3.05, 3.63) is 0 Å². The van der Waals surface area contributed by atoms with Crippen LogP contribution in [0.2, 0.25) is 0 Å². The number of hydrogen-bond donors (Lipinski definition) is 2. The molecule has 4 nitrogen and oxygen atoms in total. The molecule has 15 heavy (non-hydrogen) atoms. The molecule has 0 aromatic heterocycles. The molecule has 0 aliphatic carbocycles. The maximum atomic E-state index is 11.0. The van der Waals surface area contributed by atoms with Crippen molar-refractivity contribution in [2.45, 2.75) is 38.6 Å². The topological polar surface area (TPSA) is 60.8 Å². The van der Waals surface area contributed by atoms with Gasteiger partial charge in [0.15, 0.2) is 0 Å². The first-order chi connectivity index (χ1) is 7.19. The third kappa shape index (κ3) is 3.47. The summed E-state index contributed by atoms with van der Waals surface area (Å²) in [5.74, 6) is -0.602. The van der Waals surface area contributed by atoms with E-state index in [9.17, 15) is 4.79 Å². The first-order valence-electron chi connectivity index (χ1n) is 5.76. The maximum Gasteiger partial charge on any atom is 0.320 e. The Bertz CT molecular complexity index is 208. The zero-order valence-corrected chi connectivity index (χ0v) is 9.35. The van der Waals surface area contributed by atoms with Crippen molar-refractivity contribution in [2.75, 3.05) is 19.7 Å². The van der Waals surface area contributed by atoms with Gasteiger partial charge in [0.2, 0.25) is 0 Å². The molecule has 88 valence electrons. The van der Waals surface area contributed by atoms with Crippen molar-refractivity contribution in [3.8, 4) is 0 Å². The lowest BCUT2D eigenvalue weighted by Gasteiger charge is -2.20. The van der Waals surface area contributed by atoms with E-state index >= 15 is 0 Å². The van der Waals surface area contributed by atoms with Crippen molar-refractivity contribution in [2.24, 2.45) is 5.92 Å². The van der Waals surface area contributed by atoms with Crippen molar-refractivity contribution < 1.29 is 15.0 Å². The highest BCUT2D eigenvalue weighted by Gasteiger charge is 2.35. The Morgan fingerprint density at radius 3 is 2.73 bits per heavy atom. The van der Waals surface area contributed by atoms with E-state index in [0.717, 1.165) is 32.4 Å². The molecule has 0 bridgehead atoms. The molecule has 1 aliphatic rings. The second-order valence-corrected chi connectivity index (χ2v) is 4.34. The molecule has 2 N–H and O–H groups in total. The number of aliphatic hydroxyl groups excluding tert-OH is 1. The molecule has 4 heteroatoms. The largest absolute Gasteiger partial charge is 0.480 e. The lowest BCUT2D eigenvalue weighted by atomic mass is 10.1. The van der Waals surface area contributed by atoms with E-state index in [4.69, 9.17) is 10.2 Å². The van der Waals surface area contributed by atoms with Gasteiger partial charge in [-0.3, -0.25) is 9.69 Å². The maximum absolute atomic E-state index is 11.0. The minimum atomic E-state index is -0.748. The Kier molecular flexibility index (Phi) is 5.05. The standard InChI is InChI=1S/C11H21NO3/c1-2-3-4-5-12-7-9(8-13)6-10(12)11(14)15/h9-10,13H,2-8H2,1H3,(H,14,15). The second kappa shape index (κ2) is 6.08. The van der Waals surface area contributed by atoms with E-state index in [2.05, 4.69) is 6.92 Å². The highest BCUT2D eigenvalue weighted by atomic mass is 16.4. The van der Waals surface area contributed by atoms with Gasteiger partial charge in [0.25, 0.3) is 0 Å². The van der Waals surface area contributed by atoms with Crippen LogP contribution in [0.4, 0.5) is 0 Å². The molecule has 0 saturated carbocycles. The summed E-state index contributed by atoms with van der Waals surface area (Å²) in [5, 5.41) is 18.1. The molecule has 0 aromatic rings. The molecular weight excluding hydrogens is 194 g/mol. The number of hydrogen-bond acceptors (Lipinski definition) is 3. The first-order valence-corrected chi connectivity index (χ1v) is 5.76. The van der Waals surface area contributed by atoms with Crippen molar-refractivity contribution in [1.29, 1.82) is 0 Å². The molecule has 1 saturated heterocycles. The third-order valence-corrected chi connectivity index (χ3v) is 3.08. The number of carboxylic acid groups (broad SMARTS) is 1. The van der Waals surface area contributed by atoms with Gasteiger partial charge in [-0.25, -0.2) is 0 Å². The predicted octanol–water partition coefficient (Wildman–Crippen LogP) is 0.944. The minimum Gasteiger partial charge on any atom is -0.480 e. The van der Waals surface area contributed by atoms with Gasteiger partial charge in [-0.1, -0.05) is 19.8 Å². The first kappa shape index (κ1) is 12.5. The highest BCUT2D eigenvalue weighted by molar-refractivity contribution is 5.73. The summed E-state index contributed by atoms with van der Waals surface area (Å²) < 4.78 is 0. The van der Waals surface area contributed by atoms with Crippen LogP contribution in [-0.4, -0.2) is 46.8 Å². The smallest absolute Gasteiger partial charge is 0.320 e. The summed E-state index contributed by atoms with van der Waals surface area (Å²) in [6, 6.07) is -0.376. The fraction of sp³-hybridized carbons (Fsp3) is 0.909. The summed E-state index contributed by atoms with van der Waals surface area (Å²) in [6.07, 6.45) is 3.94. The Labute approximate surface area is 90.9 Å². The zero-order valence-electron chi connectivity index (χ0n) is 9.35. The van der Waals surface area contributed by atoms with Gasteiger partial charge in [-0.15, -0.1) is 0 Å². The number of carbonyl (C=O) groups is 1. The average molecular weight is 215 g/mol. The Hall–Kier alpha value is -0.610. The molecule has 1 rings (SSSR count). The van der Waals surface area contributed by atoms with Crippen LogP contribution < -0.4 is 0 Å². The molecule has 2 atom stereocenters. The van der Waals surface area contributed by atoms with E-state index < -0.39 is 5.97 Å². The predicted molar refractivity (Wildman–Crippen MR) is 57.7 cm³/mol. The summed E-state index contributed by atoms with van der Waals surface area (Å²) in [7, 11) is 0.